The number of halogens is 2. The third-order valence-electron chi connectivity index (χ3n) is 5.27. The van der Waals surface area contributed by atoms with E-state index in [0.717, 1.165) is 35.2 Å². The van der Waals surface area contributed by atoms with Crippen molar-refractivity contribution in [1.29, 1.82) is 0 Å². The van der Waals surface area contributed by atoms with Crippen LogP contribution in [0.3, 0.4) is 0 Å². The van der Waals surface area contributed by atoms with Gasteiger partial charge >= 0.3 is 0 Å². The third kappa shape index (κ3) is 3.54. The second-order valence-corrected chi connectivity index (χ2v) is 8.59. The maximum atomic E-state index is 12.6. The molecule has 3 heterocycles. The Balaban J connectivity index is 1.52. The van der Waals surface area contributed by atoms with Gasteiger partial charge in [0.1, 0.15) is 16.9 Å². The molecule has 1 aliphatic heterocycles. The molecule has 1 fully saturated rings. The van der Waals surface area contributed by atoms with Crippen LogP contribution >= 0.6 is 27.5 Å². The van der Waals surface area contributed by atoms with Crippen LogP contribution in [-0.2, 0) is 0 Å². The first-order valence-corrected chi connectivity index (χ1v) is 10.6. The number of aromatic amines is 1. The number of H-pyrrole nitrogens is 1. The van der Waals surface area contributed by atoms with Gasteiger partial charge in [0.25, 0.3) is 5.56 Å². The largest absolute Gasteiger partial charge is 0.449 e. The highest BCUT2D eigenvalue weighted by Crippen LogP contribution is 2.32. The zero-order chi connectivity index (χ0) is 20.0. The summed E-state index contributed by atoms with van der Waals surface area (Å²) in [6, 6.07) is 11.3. The lowest BCUT2D eigenvalue weighted by atomic mass is 10.1. The number of furan rings is 1. The number of nitrogens with zero attached hydrogens (tertiary/aromatic N) is 1. The number of nitrogens with one attached hydrogen (secondary N) is 3. The molecule has 8 heteroatoms. The zero-order valence-electron chi connectivity index (χ0n) is 15.4. The maximum absolute atomic E-state index is 12.6. The second-order valence-electron chi connectivity index (χ2n) is 7.27. The van der Waals surface area contributed by atoms with Gasteiger partial charge in [-0.2, -0.15) is 0 Å². The minimum absolute atomic E-state index is 0.210. The fourth-order valence-electron chi connectivity index (χ4n) is 3.72. The predicted molar refractivity (Wildman–Crippen MR) is 120 cm³/mol. The molecule has 0 bridgehead atoms. The number of benzene rings is 2. The Morgan fingerprint density at radius 3 is 2.97 bits per heavy atom. The molecule has 4 aromatic rings. The Morgan fingerprint density at radius 2 is 2.17 bits per heavy atom. The van der Waals surface area contributed by atoms with Crippen molar-refractivity contribution in [1.82, 2.24) is 15.3 Å². The molecule has 29 heavy (non-hydrogen) atoms. The van der Waals surface area contributed by atoms with Gasteiger partial charge in [-0.05, 0) is 61.8 Å². The molecule has 1 aliphatic rings. The van der Waals surface area contributed by atoms with Gasteiger partial charge in [-0.15, -0.1) is 0 Å². The highest BCUT2D eigenvalue weighted by Gasteiger charge is 2.17. The minimum Gasteiger partial charge on any atom is -0.449 e. The normalized spacial score (nSPS) is 16.7. The summed E-state index contributed by atoms with van der Waals surface area (Å²) in [5.74, 6) is 1.05. The molecule has 1 atom stereocenters. The van der Waals surface area contributed by atoms with Crippen molar-refractivity contribution in [3.8, 4) is 11.4 Å². The first-order chi connectivity index (χ1) is 14.1. The monoisotopic (exact) mass is 472 g/mol. The number of rotatable bonds is 4. The van der Waals surface area contributed by atoms with Crippen molar-refractivity contribution in [3.63, 3.8) is 0 Å². The highest BCUT2D eigenvalue weighted by molar-refractivity contribution is 9.10. The van der Waals surface area contributed by atoms with Crippen molar-refractivity contribution < 1.29 is 4.42 Å². The van der Waals surface area contributed by atoms with Gasteiger partial charge in [-0.1, -0.05) is 27.5 Å². The van der Waals surface area contributed by atoms with E-state index in [9.17, 15) is 4.79 Å². The molecule has 5 rings (SSSR count). The van der Waals surface area contributed by atoms with Gasteiger partial charge in [0, 0.05) is 27.7 Å². The van der Waals surface area contributed by atoms with Crippen LogP contribution in [-0.4, -0.2) is 29.6 Å². The summed E-state index contributed by atoms with van der Waals surface area (Å²) in [6.45, 7) is 3.02. The Bertz CT molecular complexity index is 1280. The minimum atomic E-state index is -0.329. The van der Waals surface area contributed by atoms with E-state index in [-0.39, 0.29) is 11.1 Å². The molecular formula is C21H18BrClN4O2. The molecule has 0 spiro atoms. The van der Waals surface area contributed by atoms with Crippen molar-refractivity contribution in [2.75, 3.05) is 25.0 Å². The van der Waals surface area contributed by atoms with E-state index in [2.05, 4.69) is 36.5 Å². The lowest BCUT2D eigenvalue weighted by Crippen LogP contribution is -2.17. The number of aromatic nitrogens is 2. The predicted octanol–water partition coefficient (Wildman–Crippen LogP) is 4.77. The summed E-state index contributed by atoms with van der Waals surface area (Å²) in [5, 5.41) is 8.11. The van der Waals surface area contributed by atoms with Crippen molar-refractivity contribution in [2.24, 2.45) is 5.92 Å². The maximum Gasteiger partial charge on any atom is 0.294 e. The smallest absolute Gasteiger partial charge is 0.294 e. The summed E-state index contributed by atoms with van der Waals surface area (Å²) in [7, 11) is 0. The number of fused-ring (bicyclic) bond motifs is 3. The lowest BCUT2D eigenvalue weighted by molar-refractivity contribution is 0.615. The average molecular weight is 474 g/mol. The summed E-state index contributed by atoms with van der Waals surface area (Å²) in [4.78, 5) is 20.0. The van der Waals surface area contributed by atoms with E-state index < -0.39 is 0 Å². The van der Waals surface area contributed by atoms with Crippen LogP contribution in [0.15, 0.2) is 50.1 Å². The molecule has 1 unspecified atom stereocenters. The number of anilines is 1. The molecule has 2 aromatic heterocycles. The molecule has 2 aromatic carbocycles. The van der Waals surface area contributed by atoms with E-state index in [4.69, 9.17) is 16.0 Å². The molecule has 3 N–H and O–H groups in total. The summed E-state index contributed by atoms with van der Waals surface area (Å²) in [6.07, 6.45) is 1.18. The fraction of sp³-hybridized carbons (Fsp3) is 0.238. The first-order valence-electron chi connectivity index (χ1n) is 9.45. The molecule has 148 valence electrons. The molecule has 6 nitrogen and oxygen atoms in total. The fourth-order valence-corrected chi connectivity index (χ4v) is 4.35. The van der Waals surface area contributed by atoms with Crippen LogP contribution < -0.4 is 16.2 Å². The summed E-state index contributed by atoms with van der Waals surface area (Å²) >= 11 is 9.99. The number of hydrogen-bond donors (Lipinski definition) is 3. The summed E-state index contributed by atoms with van der Waals surface area (Å²) in [5.41, 5.74) is 2.64. The lowest BCUT2D eigenvalue weighted by Gasteiger charge is -2.12. The van der Waals surface area contributed by atoms with Gasteiger partial charge < -0.3 is 20.0 Å². The topological polar surface area (TPSA) is 83.0 Å². The van der Waals surface area contributed by atoms with E-state index in [1.54, 1.807) is 0 Å². The highest BCUT2D eigenvalue weighted by atomic mass is 79.9. The standard InChI is InChI=1S/C21H18BrClN4O2/c22-12-1-4-17-15(7-12)18-19(29-17)21(28)27-20(26-18)14-3-2-13(8-16(14)23)25-10-11-5-6-24-9-11/h1-4,7-8,11,24-25H,5-6,9-10H2,(H,26,27,28). The summed E-state index contributed by atoms with van der Waals surface area (Å²) < 4.78 is 6.57. The van der Waals surface area contributed by atoms with Crippen molar-refractivity contribution >= 4 is 55.3 Å². The van der Waals surface area contributed by atoms with Crippen LogP contribution in [0.25, 0.3) is 33.5 Å². The SMILES string of the molecule is O=c1[nH]c(-c2ccc(NCC3CCNC3)cc2Cl)nc2c1oc1ccc(Br)cc12. The van der Waals surface area contributed by atoms with E-state index in [1.807, 2.05) is 36.4 Å². The van der Waals surface area contributed by atoms with E-state index >= 15 is 0 Å². The van der Waals surface area contributed by atoms with Crippen molar-refractivity contribution in [3.05, 3.63) is 56.2 Å². The van der Waals surface area contributed by atoms with Crippen LogP contribution in [0.1, 0.15) is 6.42 Å². The average Bonchev–Trinajstić information content (AvgIpc) is 3.34. The van der Waals surface area contributed by atoms with Crippen LogP contribution in [0, 0.1) is 5.92 Å². The van der Waals surface area contributed by atoms with Gasteiger partial charge in [0.05, 0.1) is 5.02 Å². The van der Waals surface area contributed by atoms with Gasteiger partial charge in [0.15, 0.2) is 0 Å². The Morgan fingerprint density at radius 1 is 1.28 bits per heavy atom. The van der Waals surface area contributed by atoms with Gasteiger partial charge in [-0.25, -0.2) is 4.98 Å². The van der Waals surface area contributed by atoms with Gasteiger partial charge in [0.2, 0.25) is 5.58 Å². The molecular weight excluding hydrogens is 456 g/mol. The molecule has 0 saturated carbocycles. The molecule has 1 saturated heterocycles. The van der Waals surface area contributed by atoms with Crippen LogP contribution in [0.5, 0.6) is 0 Å². The zero-order valence-corrected chi connectivity index (χ0v) is 17.7. The van der Waals surface area contributed by atoms with Crippen molar-refractivity contribution in [2.45, 2.75) is 6.42 Å². The van der Waals surface area contributed by atoms with Crippen LogP contribution in [0.2, 0.25) is 5.02 Å². The Hall–Kier alpha value is -2.35. The van der Waals surface area contributed by atoms with E-state index in [0.29, 0.717) is 33.4 Å². The molecule has 0 radical (unpaired) electrons. The first kappa shape index (κ1) is 18.7. The quantitative estimate of drug-likeness (QED) is 0.397. The van der Waals surface area contributed by atoms with Crippen LogP contribution in [0.4, 0.5) is 5.69 Å². The Labute approximate surface area is 179 Å². The van der Waals surface area contributed by atoms with E-state index in [1.165, 1.54) is 6.42 Å². The third-order valence-corrected chi connectivity index (χ3v) is 6.07. The molecule has 0 amide bonds. The Kier molecular flexibility index (Phi) is 4.81. The van der Waals surface area contributed by atoms with Gasteiger partial charge in [-0.3, -0.25) is 4.79 Å². The second kappa shape index (κ2) is 7.48. The number of hydrogen-bond acceptors (Lipinski definition) is 5. The molecule has 0 aliphatic carbocycles.